The Morgan fingerprint density at radius 3 is 1.57 bits per heavy atom. The van der Waals surface area contributed by atoms with Crippen molar-refractivity contribution in [1.82, 2.24) is 19.9 Å². The number of imidazole rings is 2. The number of aromatic amines is 2. The Morgan fingerprint density at radius 2 is 1.09 bits per heavy atom. The summed E-state index contributed by atoms with van der Waals surface area (Å²) in [5.74, 6) is 3.95. The lowest BCUT2D eigenvalue weighted by molar-refractivity contribution is 0.394. The first-order valence-electron chi connectivity index (χ1n) is 17.0. The SMILES string of the molecule is COc1cc(OC)cc(N2CC(O)=C(c3nc4c(C)cccc4[nH]3)C2=N)c1.COc1cc(OC)cc(N2CC(O)=C(c3nc4ccc(C)cc4[nH]3)C2=N)c1. The molecule has 14 heteroatoms. The molecule has 0 amide bonds. The molecule has 6 N–H and O–H groups in total. The molecule has 0 spiro atoms. The van der Waals surface area contributed by atoms with Crippen LogP contribution in [0.1, 0.15) is 22.8 Å². The van der Waals surface area contributed by atoms with Crippen LogP contribution in [0.2, 0.25) is 0 Å². The van der Waals surface area contributed by atoms with Gasteiger partial charge in [0.15, 0.2) is 0 Å². The number of ether oxygens (including phenoxy) is 4. The normalized spacial score (nSPS) is 14.3. The van der Waals surface area contributed by atoms with Crippen LogP contribution in [-0.2, 0) is 0 Å². The van der Waals surface area contributed by atoms with Crippen LogP contribution in [0.25, 0.3) is 33.2 Å². The van der Waals surface area contributed by atoms with Crippen LogP contribution in [0.3, 0.4) is 0 Å². The number of anilines is 2. The van der Waals surface area contributed by atoms with E-state index in [2.05, 4.69) is 19.9 Å². The highest BCUT2D eigenvalue weighted by Gasteiger charge is 2.33. The van der Waals surface area contributed by atoms with Crippen molar-refractivity contribution in [2.45, 2.75) is 13.8 Å². The van der Waals surface area contributed by atoms with Gasteiger partial charge in [0.2, 0.25) is 0 Å². The molecule has 0 saturated carbocycles. The van der Waals surface area contributed by atoms with E-state index < -0.39 is 0 Å². The van der Waals surface area contributed by atoms with Crippen molar-refractivity contribution < 1.29 is 29.2 Å². The zero-order chi connectivity index (χ0) is 38.3. The van der Waals surface area contributed by atoms with E-state index in [0.717, 1.165) is 33.2 Å². The van der Waals surface area contributed by atoms with Crippen molar-refractivity contribution >= 4 is 56.3 Å². The Hall–Kier alpha value is -6.96. The molecule has 6 aromatic rings. The number of hydrogen-bond donors (Lipinski definition) is 6. The van der Waals surface area contributed by atoms with E-state index in [9.17, 15) is 10.2 Å². The van der Waals surface area contributed by atoms with Gasteiger partial charge in [-0.1, -0.05) is 18.2 Å². The fourth-order valence-corrected chi connectivity index (χ4v) is 6.53. The molecule has 0 unspecified atom stereocenters. The molecule has 0 radical (unpaired) electrons. The van der Waals surface area contributed by atoms with Gasteiger partial charge in [-0.05, 0) is 43.2 Å². The molecular weight excluding hydrogens is 688 g/mol. The van der Waals surface area contributed by atoms with Gasteiger partial charge in [-0.25, -0.2) is 9.97 Å². The molecule has 2 aliphatic rings. The van der Waals surface area contributed by atoms with Gasteiger partial charge in [0.1, 0.15) is 57.8 Å². The highest BCUT2D eigenvalue weighted by atomic mass is 16.5. The second kappa shape index (κ2) is 14.2. The summed E-state index contributed by atoms with van der Waals surface area (Å²) >= 11 is 0. The largest absolute Gasteiger partial charge is 0.509 e. The van der Waals surface area contributed by atoms with Crippen LogP contribution in [-0.4, -0.2) is 83.3 Å². The van der Waals surface area contributed by atoms with E-state index in [0.29, 0.717) is 57.2 Å². The fraction of sp³-hybridized carbons (Fsp3) is 0.200. The number of aliphatic hydroxyl groups is 2. The smallest absolute Gasteiger partial charge is 0.145 e. The van der Waals surface area contributed by atoms with Crippen molar-refractivity contribution in [2.24, 2.45) is 0 Å². The van der Waals surface area contributed by atoms with Gasteiger partial charge in [-0.2, -0.15) is 0 Å². The Morgan fingerprint density at radius 1 is 0.611 bits per heavy atom. The fourth-order valence-electron chi connectivity index (χ4n) is 6.53. The van der Waals surface area contributed by atoms with Crippen LogP contribution < -0.4 is 28.7 Å². The maximum Gasteiger partial charge on any atom is 0.145 e. The van der Waals surface area contributed by atoms with Crippen LogP contribution in [0.15, 0.2) is 84.3 Å². The molecule has 14 nitrogen and oxygen atoms in total. The van der Waals surface area contributed by atoms with Crippen molar-refractivity contribution in [3.8, 4) is 23.0 Å². The third-order valence-electron chi connectivity index (χ3n) is 9.33. The van der Waals surface area contributed by atoms with Gasteiger partial charge in [-0.15, -0.1) is 0 Å². The third-order valence-corrected chi connectivity index (χ3v) is 9.33. The maximum atomic E-state index is 10.6. The summed E-state index contributed by atoms with van der Waals surface area (Å²) < 4.78 is 21.2. The van der Waals surface area contributed by atoms with E-state index in [4.69, 9.17) is 29.8 Å². The molecule has 0 aliphatic carbocycles. The van der Waals surface area contributed by atoms with E-state index in [1.807, 2.05) is 50.2 Å². The number of methoxy groups -OCH3 is 4. The Labute approximate surface area is 310 Å². The van der Waals surface area contributed by atoms with Gasteiger partial charge in [0.25, 0.3) is 0 Å². The molecule has 0 bridgehead atoms. The molecule has 0 atom stereocenters. The molecule has 54 heavy (non-hydrogen) atoms. The second-order valence-electron chi connectivity index (χ2n) is 12.8. The summed E-state index contributed by atoms with van der Waals surface area (Å²) in [5, 5.41) is 38.3. The summed E-state index contributed by atoms with van der Waals surface area (Å²) in [6.45, 7) is 4.35. The van der Waals surface area contributed by atoms with Crippen molar-refractivity contribution in [1.29, 1.82) is 10.8 Å². The number of nitrogens with zero attached hydrogens (tertiary/aromatic N) is 4. The average molecular weight is 729 g/mol. The number of para-hydroxylation sites is 1. The summed E-state index contributed by atoms with van der Waals surface area (Å²) in [5.41, 5.74) is 7.72. The van der Waals surface area contributed by atoms with E-state index in [-0.39, 0.29) is 36.3 Å². The van der Waals surface area contributed by atoms with Gasteiger partial charge in [0, 0.05) is 36.4 Å². The lowest BCUT2D eigenvalue weighted by Gasteiger charge is -2.20. The highest BCUT2D eigenvalue weighted by Crippen LogP contribution is 2.37. The zero-order valence-electron chi connectivity index (χ0n) is 30.7. The first-order chi connectivity index (χ1) is 26.0. The molecule has 2 aliphatic heterocycles. The minimum Gasteiger partial charge on any atom is -0.509 e. The van der Waals surface area contributed by atoms with Gasteiger partial charge in [0.05, 0.1) is 86.1 Å². The summed E-state index contributed by atoms with van der Waals surface area (Å²) in [7, 11) is 6.30. The predicted octanol–water partition coefficient (Wildman–Crippen LogP) is 7.31. The number of benzene rings is 4. The quantitative estimate of drug-likeness (QED) is 0.0927. The first kappa shape index (κ1) is 35.4. The average Bonchev–Trinajstić information content (AvgIpc) is 3.94. The van der Waals surface area contributed by atoms with E-state index >= 15 is 0 Å². The predicted molar refractivity (Wildman–Crippen MR) is 210 cm³/mol. The molecule has 0 saturated heterocycles. The minimum absolute atomic E-state index is 0.0950. The zero-order valence-corrected chi connectivity index (χ0v) is 30.7. The summed E-state index contributed by atoms with van der Waals surface area (Å²) in [6, 6.07) is 22.5. The topological polar surface area (TPSA) is 189 Å². The standard InChI is InChI=1S/2C20H20N4O3/c1-11-4-5-15-16(6-11)23-20(22-15)18-17(25)10-24(19(18)21)12-7-13(26-2)9-14(8-12)27-3;1-11-5-4-6-15-18(11)23-20(22-15)17-16(25)10-24(19(17)21)12-7-13(26-2)9-14(8-12)27-3/h2*4-9,21,25H,10H2,1-3H3,(H,22,23). The number of fused-ring (bicyclic) bond motifs is 2. The number of hydrogen-bond acceptors (Lipinski definition) is 10. The molecule has 8 rings (SSSR count). The Kier molecular flexibility index (Phi) is 9.33. The van der Waals surface area contributed by atoms with Crippen LogP contribution in [0.4, 0.5) is 11.4 Å². The van der Waals surface area contributed by atoms with Crippen LogP contribution in [0, 0.1) is 24.7 Å². The third kappa shape index (κ3) is 6.49. The molecule has 276 valence electrons. The van der Waals surface area contributed by atoms with E-state index in [1.165, 1.54) is 0 Å². The number of aromatic nitrogens is 4. The number of nitrogens with one attached hydrogen (secondary N) is 4. The first-order valence-corrected chi connectivity index (χ1v) is 17.0. The minimum atomic E-state index is 0.0950. The highest BCUT2D eigenvalue weighted by molar-refractivity contribution is 6.31. The Balaban J connectivity index is 0.000000167. The molecule has 2 aromatic heterocycles. The van der Waals surface area contributed by atoms with Crippen molar-refractivity contribution in [3.05, 3.63) is 107 Å². The molecule has 4 heterocycles. The van der Waals surface area contributed by atoms with Crippen molar-refractivity contribution in [2.75, 3.05) is 51.3 Å². The van der Waals surface area contributed by atoms with Gasteiger partial charge >= 0.3 is 0 Å². The van der Waals surface area contributed by atoms with Gasteiger partial charge in [-0.3, -0.25) is 10.8 Å². The van der Waals surface area contributed by atoms with Gasteiger partial charge < -0.3 is 48.9 Å². The van der Waals surface area contributed by atoms with E-state index in [1.54, 1.807) is 74.6 Å². The van der Waals surface area contributed by atoms with Crippen molar-refractivity contribution in [3.63, 3.8) is 0 Å². The maximum absolute atomic E-state index is 10.6. The number of amidine groups is 2. The monoisotopic (exact) mass is 728 g/mol. The van der Waals surface area contributed by atoms with Crippen LogP contribution in [0.5, 0.6) is 23.0 Å². The lowest BCUT2D eigenvalue weighted by atomic mass is 10.2. The Bertz CT molecular complexity index is 2470. The number of H-pyrrole nitrogens is 2. The summed E-state index contributed by atoms with van der Waals surface area (Å²) in [4.78, 5) is 18.9. The molecular formula is C40H40N8O6. The number of aryl methyl sites for hydroxylation is 2. The lowest BCUT2D eigenvalue weighted by Crippen LogP contribution is -2.26. The summed E-state index contributed by atoms with van der Waals surface area (Å²) in [6.07, 6.45) is 0. The molecule has 0 fully saturated rings. The molecule has 4 aromatic carbocycles. The second-order valence-corrected chi connectivity index (χ2v) is 12.8. The number of aliphatic hydroxyl groups excluding tert-OH is 2. The number of rotatable bonds is 8. The van der Waals surface area contributed by atoms with Crippen LogP contribution >= 0.6 is 0 Å².